The normalized spacial score (nSPS) is 10.2. The van der Waals surface area contributed by atoms with Gasteiger partial charge in [0.05, 0.1) is 12.5 Å². The van der Waals surface area contributed by atoms with Gasteiger partial charge in [-0.05, 0) is 6.42 Å². The predicted octanol–water partition coefficient (Wildman–Crippen LogP) is -0.136. The van der Waals surface area contributed by atoms with Gasteiger partial charge in [0, 0.05) is 25.4 Å². The molecule has 2 N–H and O–H groups in total. The largest absolute Gasteiger partial charge is 0.370 e. The topological polar surface area (TPSA) is 88.5 Å². The maximum atomic E-state index is 11.0. The molecule has 0 spiro atoms. The minimum Gasteiger partial charge on any atom is -0.370 e. The monoisotopic (exact) mass is 220 g/mol. The lowest BCUT2D eigenvalue weighted by Gasteiger charge is -2.04. The van der Waals surface area contributed by atoms with Crippen LogP contribution in [-0.4, -0.2) is 31.5 Å². The molecule has 0 aliphatic carbocycles. The Morgan fingerprint density at radius 2 is 2.44 bits per heavy atom. The lowest BCUT2D eigenvalue weighted by atomic mass is 10.4. The first-order valence-corrected chi connectivity index (χ1v) is 4.97. The standard InChI is InChI=1S/C9H12N6O/c16-9-6-8(11-7-12-9)10-2-1-4-15-5-3-13-14-15/h3,5-7H,1-2,4H2,(H2,10,11,12,16). The summed E-state index contributed by atoms with van der Waals surface area (Å²) in [5.41, 5.74) is -0.159. The van der Waals surface area contributed by atoms with E-state index in [4.69, 9.17) is 0 Å². The number of aryl methyl sites for hydroxylation is 1. The molecule has 7 nitrogen and oxygen atoms in total. The van der Waals surface area contributed by atoms with Crippen LogP contribution >= 0.6 is 0 Å². The molecule has 0 unspecified atom stereocenters. The Morgan fingerprint density at radius 3 is 3.19 bits per heavy atom. The van der Waals surface area contributed by atoms with Crippen LogP contribution in [-0.2, 0) is 6.54 Å². The maximum Gasteiger partial charge on any atom is 0.252 e. The number of anilines is 1. The third-order valence-electron chi connectivity index (χ3n) is 2.02. The highest BCUT2D eigenvalue weighted by atomic mass is 16.1. The van der Waals surface area contributed by atoms with Gasteiger partial charge in [0.2, 0.25) is 0 Å². The maximum absolute atomic E-state index is 11.0. The molecule has 0 amide bonds. The first-order chi connectivity index (χ1) is 7.84. The fourth-order valence-corrected chi connectivity index (χ4v) is 1.27. The van der Waals surface area contributed by atoms with Gasteiger partial charge >= 0.3 is 0 Å². The van der Waals surface area contributed by atoms with E-state index in [9.17, 15) is 4.79 Å². The number of aromatic nitrogens is 5. The Balaban J connectivity index is 1.74. The summed E-state index contributed by atoms with van der Waals surface area (Å²) in [6, 6.07) is 1.43. The fourth-order valence-electron chi connectivity index (χ4n) is 1.27. The van der Waals surface area contributed by atoms with Crippen molar-refractivity contribution < 1.29 is 0 Å². The van der Waals surface area contributed by atoms with E-state index in [-0.39, 0.29) is 5.56 Å². The smallest absolute Gasteiger partial charge is 0.252 e. The van der Waals surface area contributed by atoms with Gasteiger partial charge in [-0.15, -0.1) is 5.10 Å². The Labute approximate surface area is 91.5 Å². The van der Waals surface area contributed by atoms with Crippen molar-refractivity contribution in [3.63, 3.8) is 0 Å². The third-order valence-corrected chi connectivity index (χ3v) is 2.02. The summed E-state index contributed by atoms with van der Waals surface area (Å²) in [7, 11) is 0. The summed E-state index contributed by atoms with van der Waals surface area (Å²) in [6.07, 6.45) is 5.72. The van der Waals surface area contributed by atoms with E-state index in [0.717, 1.165) is 19.5 Å². The number of hydrogen-bond acceptors (Lipinski definition) is 5. The minimum atomic E-state index is -0.159. The molecule has 84 valence electrons. The molecule has 0 aliphatic heterocycles. The second-order valence-electron chi connectivity index (χ2n) is 3.24. The van der Waals surface area contributed by atoms with Crippen molar-refractivity contribution in [2.24, 2.45) is 0 Å². The first kappa shape index (κ1) is 10.3. The number of aromatic amines is 1. The Bertz CT molecular complexity index is 477. The SMILES string of the molecule is O=c1cc(NCCCn2ccnn2)nc[nH]1. The summed E-state index contributed by atoms with van der Waals surface area (Å²) in [4.78, 5) is 17.4. The highest BCUT2D eigenvalue weighted by Crippen LogP contribution is 1.95. The van der Waals surface area contributed by atoms with Gasteiger partial charge in [-0.25, -0.2) is 4.98 Å². The van der Waals surface area contributed by atoms with E-state index >= 15 is 0 Å². The summed E-state index contributed by atoms with van der Waals surface area (Å²) < 4.78 is 1.76. The zero-order chi connectivity index (χ0) is 11.2. The molecule has 16 heavy (non-hydrogen) atoms. The van der Waals surface area contributed by atoms with Crippen LogP contribution in [0.15, 0.2) is 29.6 Å². The van der Waals surface area contributed by atoms with Crippen LogP contribution in [0.2, 0.25) is 0 Å². The van der Waals surface area contributed by atoms with E-state index in [1.165, 1.54) is 12.4 Å². The molecule has 0 radical (unpaired) electrons. The molecule has 2 heterocycles. The van der Waals surface area contributed by atoms with E-state index in [1.54, 1.807) is 10.9 Å². The number of hydrogen-bond donors (Lipinski definition) is 2. The van der Waals surface area contributed by atoms with Gasteiger partial charge in [-0.1, -0.05) is 5.21 Å². The summed E-state index contributed by atoms with van der Waals surface area (Å²) in [6.45, 7) is 1.52. The Hall–Kier alpha value is -2.18. The van der Waals surface area contributed by atoms with E-state index in [2.05, 4.69) is 25.6 Å². The second kappa shape index (κ2) is 5.06. The minimum absolute atomic E-state index is 0.159. The zero-order valence-corrected chi connectivity index (χ0v) is 8.63. The lowest BCUT2D eigenvalue weighted by molar-refractivity contribution is 0.569. The van der Waals surface area contributed by atoms with Gasteiger partial charge in [0.25, 0.3) is 5.56 Å². The molecular formula is C9H12N6O. The average molecular weight is 220 g/mol. The van der Waals surface area contributed by atoms with Crippen LogP contribution < -0.4 is 10.9 Å². The number of rotatable bonds is 5. The Morgan fingerprint density at radius 1 is 1.50 bits per heavy atom. The van der Waals surface area contributed by atoms with E-state index in [1.807, 2.05) is 6.20 Å². The quantitative estimate of drug-likeness (QED) is 0.685. The molecule has 0 aliphatic rings. The van der Waals surface area contributed by atoms with Gasteiger partial charge in [-0.3, -0.25) is 9.48 Å². The highest BCUT2D eigenvalue weighted by Gasteiger charge is 1.95. The predicted molar refractivity (Wildman–Crippen MR) is 58.0 cm³/mol. The molecule has 7 heteroatoms. The van der Waals surface area contributed by atoms with Gasteiger partial charge in [-0.2, -0.15) is 0 Å². The van der Waals surface area contributed by atoms with Crippen LogP contribution in [0.3, 0.4) is 0 Å². The third kappa shape index (κ3) is 2.91. The summed E-state index contributed by atoms with van der Waals surface area (Å²) in [5, 5.41) is 10.6. The molecule has 0 fully saturated rings. The fraction of sp³-hybridized carbons (Fsp3) is 0.333. The van der Waals surface area contributed by atoms with Crippen LogP contribution in [0.4, 0.5) is 5.82 Å². The van der Waals surface area contributed by atoms with Crippen molar-refractivity contribution in [1.29, 1.82) is 0 Å². The lowest BCUT2D eigenvalue weighted by Crippen LogP contribution is -2.11. The second-order valence-corrected chi connectivity index (χ2v) is 3.24. The molecule has 0 atom stereocenters. The molecule has 0 aromatic carbocycles. The molecule has 2 aromatic rings. The molecule has 0 saturated heterocycles. The Kier molecular flexibility index (Phi) is 3.27. The van der Waals surface area contributed by atoms with Crippen LogP contribution in [0.5, 0.6) is 0 Å². The van der Waals surface area contributed by atoms with Gasteiger partial charge in [0.15, 0.2) is 0 Å². The van der Waals surface area contributed by atoms with Crippen LogP contribution in [0.1, 0.15) is 6.42 Å². The van der Waals surface area contributed by atoms with Gasteiger partial charge < -0.3 is 10.3 Å². The van der Waals surface area contributed by atoms with Crippen molar-refractivity contribution in [2.45, 2.75) is 13.0 Å². The summed E-state index contributed by atoms with van der Waals surface area (Å²) in [5.74, 6) is 0.586. The zero-order valence-electron chi connectivity index (χ0n) is 8.63. The van der Waals surface area contributed by atoms with Crippen LogP contribution in [0, 0.1) is 0 Å². The molecule has 2 aromatic heterocycles. The summed E-state index contributed by atoms with van der Waals surface area (Å²) >= 11 is 0. The van der Waals surface area contributed by atoms with Crippen LogP contribution in [0.25, 0.3) is 0 Å². The van der Waals surface area contributed by atoms with Crippen molar-refractivity contribution in [3.05, 3.63) is 35.1 Å². The van der Waals surface area contributed by atoms with Crippen molar-refractivity contribution >= 4 is 5.82 Å². The highest BCUT2D eigenvalue weighted by molar-refractivity contribution is 5.31. The van der Waals surface area contributed by atoms with E-state index in [0.29, 0.717) is 5.82 Å². The number of nitrogens with zero attached hydrogens (tertiary/aromatic N) is 4. The number of H-pyrrole nitrogens is 1. The molecule has 0 bridgehead atoms. The number of nitrogens with one attached hydrogen (secondary N) is 2. The van der Waals surface area contributed by atoms with Crippen molar-refractivity contribution in [2.75, 3.05) is 11.9 Å². The molecular weight excluding hydrogens is 208 g/mol. The van der Waals surface area contributed by atoms with Gasteiger partial charge in [0.1, 0.15) is 5.82 Å². The molecule has 0 saturated carbocycles. The van der Waals surface area contributed by atoms with E-state index < -0.39 is 0 Å². The van der Waals surface area contributed by atoms with Crippen molar-refractivity contribution in [1.82, 2.24) is 25.0 Å². The molecule has 2 rings (SSSR count). The average Bonchev–Trinajstić information content (AvgIpc) is 2.77. The first-order valence-electron chi connectivity index (χ1n) is 4.97. The van der Waals surface area contributed by atoms with Crippen molar-refractivity contribution in [3.8, 4) is 0 Å².